The van der Waals surface area contributed by atoms with E-state index in [0.717, 1.165) is 0 Å². The van der Waals surface area contributed by atoms with Crippen molar-refractivity contribution in [1.29, 1.82) is 0 Å². The van der Waals surface area contributed by atoms with E-state index in [4.69, 9.17) is 16.3 Å². The van der Waals surface area contributed by atoms with E-state index in [2.05, 4.69) is 5.32 Å². The zero-order valence-corrected chi connectivity index (χ0v) is 14.1. The summed E-state index contributed by atoms with van der Waals surface area (Å²) in [5.74, 6) is -0.504. The van der Waals surface area contributed by atoms with Gasteiger partial charge in [-0.2, -0.15) is 0 Å². The number of Topliss-reactive ketones (excluding diaryl/α,β-unsaturated/α-hetero) is 1. The Hall–Kier alpha value is -2.93. The molecule has 130 valence electrons. The number of nitro benzene ring substituents is 1. The molecule has 25 heavy (non-hydrogen) atoms. The van der Waals surface area contributed by atoms with Crippen LogP contribution >= 0.6 is 11.6 Å². The average molecular weight is 363 g/mol. The number of hydrogen-bond acceptors (Lipinski definition) is 5. The highest BCUT2D eigenvalue weighted by atomic mass is 35.5. The van der Waals surface area contributed by atoms with Gasteiger partial charge in [0, 0.05) is 35.2 Å². The number of benzene rings is 2. The molecule has 0 heterocycles. The first-order chi connectivity index (χ1) is 11.9. The maximum Gasteiger partial charge on any atom is 0.312 e. The van der Waals surface area contributed by atoms with Crippen LogP contribution in [0.2, 0.25) is 5.02 Å². The molecule has 0 saturated carbocycles. The topological polar surface area (TPSA) is 98.5 Å². The normalized spacial score (nSPS) is 10.2. The molecule has 0 fully saturated rings. The number of methoxy groups -OCH3 is 1. The smallest absolute Gasteiger partial charge is 0.312 e. The number of halogens is 1. The molecule has 1 amide bonds. The van der Waals surface area contributed by atoms with Gasteiger partial charge in [0.05, 0.1) is 12.0 Å². The third-order valence-electron chi connectivity index (χ3n) is 3.40. The third-order valence-corrected chi connectivity index (χ3v) is 3.66. The molecular weight excluding hydrogens is 348 g/mol. The number of nitrogens with zero attached hydrogens (tertiary/aromatic N) is 1. The number of nitrogens with one attached hydrogen (secondary N) is 1. The molecule has 0 saturated heterocycles. The maximum atomic E-state index is 12.0. The van der Waals surface area contributed by atoms with Gasteiger partial charge < -0.3 is 10.1 Å². The first-order valence-electron chi connectivity index (χ1n) is 7.31. The largest absolute Gasteiger partial charge is 0.490 e. The lowest BCUT2D eigenvalue weighted by Crippen LogP contribution is -2.13. The van der Waals surface area contributed by atoms with Crippen molar-refractivity contribution in [3.05, 3.63) is 63.2 Å². The molecular formula is C17H15ClN2O5. The first-order valence-corrected chi connectivity index (χ1v) is 7.69. The average Bonchev–Trinajstić information content (AvgIpc) is 2.60. The quantitative estimate of drug-likeness (QED) is 0.458. The summed E-state index contributed by atoms with van der Waals surface area (Å²) in [6.45, 7) is 0. The maximum absolute atomic E-state index is 12.0. The number of amides is 1. The third kappa shape index (κ3) is 5.02. The molecule has 2 aromatic carbocycles. The van der Waals surface area contributed by atoms with E-state index < -0.39 is 10.8 Å². The zero-order chi connectivity index (χ0) is 18.4. The molecule has 0 aliphatic rings. The Balaban J connectivity index is 1.96. The van der Waals surface area contributed by atoms with E-state index in [0.29, 0.717) is 10.6 Å². The van der Waals surface area contributed by atoms with Gasteiger partial charge in [0.1, 0.15) is 0 Å². The Bertz CT molecular complexity index is 805. The van der Waals surface area contributed by atoms with Crippen LogP contribution in [-0.2, 0) is 4.79 Å². The molecule has 0 spiro atoms. The van der Waals surface area contributed by atoms with Crippen molar-refractivity contribution < 1.29 is 19.2 Å². The van der Waals surface area contributed by atoms with Crippen LogP contribution in [0, 0.1) is 10.1 Å². The molecule has 0 unspecified atom stereocenters. The van der Waals surface area contributed by atoms with Gasteiger partial charge in [-0.3, -0.25) is 19.7 Å². The molecule has 8 heteroatoms. The predicted molar refractivity (Wildman–Crippen MR) is 93.3 cm³/mol. The van der Waals surface area contributed by atoms with Crippen LogP contribution < -0.4 is 10.1 Å². The molecule has 1 N–H and O–H groups in total. The summed E-state index contributed by atoms with van der Waals surface area (Å²) in [5.41, 5.74) is 0.478. The van der Waals surface area contributed by atoms with Gasteiger partial charge in [-0.25, -0.2) is 0 Å². The summed E-state index contributed by atoms with van der Waals surface area (Å²) in [7, 11) is 1.32. The van der Waals surface area contributed by atoms with E-state index in [1.807, 2.05) is 0 Å². The van der Waals surface area contributed by atoms with Crippen molar-refractivity contribution in [1.82, 2.24) is 0 Å². The second-order valence-corrected chi connectivity index (χ2v) is 5.56. The number of nitro groups is 1. The Morgan fingerprint density at radius 2 is 1.84 bits per heavy atom. The molecule has 2 aromatic rings. The fraction of sp³-hybridized carbons (Fsp3) is 0.176. The zero-order valence-electron chi connectivity index (χ0n) is 13.3. The lowest BCUT2D eigenvalue weighted by molar-refractivity contribution is -0.385. The summed E-state index contributed by atoms with van der Waals surface area (Å²) >= 11 is 5.76. The van der Waals surface area contributed by atoms with Crippen LogP contribution in [0.3, 0.4) is 0 Å². The first kappa shape index (κ1) is 18.4. The SMILES string of the molecule is COc1ccc(NC(=O)CCC(=O)c2ccc(Cl)cc2)cc1[N+](=O)[O-]. The molecule has 0 aliphatic heterocycles. The fourth-order valence-electron chi connectivity index (χ4n) is 2.14. The minimum Gasteiger partial charge on any atom is -0.490 e. The Kier molecular flexibility index (Phi) is 6.08. The second-order valence-electron chi connectivity index (χ2n) is 5.12. The Labute approximate surface area is 148 Å². The second kappa shape index (κ2) is 8.25. The van der Waals surface area contributed by atoms with Crippen molar-refractivity contribution in [3.8, 4) is 5.75 Å². The van der Waals surface area contributed by atoms with E-state index in [9.17, 15) is 19.7 Å². The van der Waals surface area contributed by atoms with Crippen LogP contribution in [0.25, 0.3) is 0 Å². The van der Waals surface area contributed by atoms with Crippen LogP contribution in [0.1, 0.15) is 23.2 Å². The van der Waals surface area contributed by atoms with E-state index in [1.54, 1.807) is 24.3 Å². The molecule has 0 aromatic heterocycles. The number of anilines is 1. The number of carbonyl (C=O) groups is 2. The molecule has 0 radical (unpaired) electrons. The molecule has 7 nitrogen and oxygen atoms in total. The van der Waals surface area contributed by atoms with Crippen LogP contribution in [0.5, 0.6) is 5.75 Å². The van der Waals surface area contributed by atoms with E-state index in [1.165, 1.54) is 25.3 Å². The van der Waals surface area contributed by atoms with E-state index in [-0.39, 0.29) is 35.7 Å². The Morgan fingerprint density at radius 1 is 1.16 bits per heavy atom. The van der Waals surface area contributed by atoms with Gasteiger partial charge in [-0.1, -0.05) is 11.6 Å². The van der Waals surface area contributed by atoms with Crippen molar-refractivity contribution in [2.75, 3.05) is 12.4 Å². The molecule has 2 rings (SSSR count). The van der Waals surface area contributed by atoms with Gasteiger partial charge in [0.2, 0.25) is 5.91 Å². The number of ether oxygens (including phenoxy) is 1. The minimum absolute atomic E-state index is 0.0196. The van der Waals surface area contributed by atoms with Gasteiger partial charge in [-0.15, -0.1) is 0 Å². The van der Waals surface area contributed by atoms with Crippen molar-refractivity contribution in [2.24, 2.45) is 0 Å². The highest BCUT2D eigenvalue weighted by Crippen LogP contribution is 2.29. The minimum atomic E-state index is -0.599. The van der Waals surface area contributed by atoms with Crippen LogP contribution in [0.4, 0.5) is 11.4 Å². The Morgan fingerprint density at radius 3 is 2.44 bits per heavy atom. The number of ketones is 1. The summed E-state index contributed by atoms with van der Waals surface area (Å²) in [5, 5.41) is 14.0. The monoisotopic (exact) mass is 362 g/mol. The van der Waals surface area contributed by atoms with Gasteiger partial charge in [0.25, 0.3) is 0 Å². The number of hydrogen-bond donors (Lipinski definition) is 1. The highest BCUT2D eigenvalue weighted by Gasteiger charge is 2.16. The van der Waals surface area contributed by atoms with Crippen LogP contribution in [-0.4, -0.2) is 23.7 Å². The summed E-state index contributed by atoms with van der Waals surface area (Å²) in [6.07, 6.45) is -0.0208. The van der Waals surface area contributed by atoms with Gasteiger partial charge in [0.15, 0.2) is 11.5 Å². The van der Waals surface area contributed by atoms with Crippen molar-refractivity contribution >= 4 is 34.7 Å². The molecule has 0 atom stereocenters. The lowest BCUT2D eigenvalue weighted by Gasteiger charge is -2.07. The predicted octanol–water partition coefficient (Wildman–Crippen LogP) is 3.86. The number of rotatable bonds is 7. The van der Waals surface area contributed by atoms with E-state index >= 15 is 0 Å². The van der Waals surface area contributed by atoms with Crippen LogP contribution in [0.15, 0.2) is 42.5 Å². The fourth-order valence-corrected chi connectivity index (χ4v) is 2.27. The number of carbonyl (C=O) groups excluding carboxylic acids is 2. The van der Waals surface area contributed by atoms with Crippen molar-refractivity contribution in [2.45, 2.75) is 12.8 Å². The molecule has 0 bridgehead atoms. The highest BCUT2D eigenvalue weighted by molar-refractivity contribution is 6.30. The summed E-state index contributed by atoms with van der Waals surface area (Å²) < 4.78 is 4.89. The van der Waals surface area contributed by atoms with Gasteiger partial charge >= 0.3 is 5.69 Å². The van der Waals surface area contributed by atoms with Gasteiger partial charge in [-0.05, 0) is 36.4 Å². The van der Waals surface area contributed by atoms with Crippen molar-refractivity contribution in [3.63, 3.8) is 0 Å². The standard InChI is InChI=1S/C17H15ClN2O5/c1-25-16-8-6-13(10-14(16)20(23)24)19-17(22)9-7-15(21)11-2-4-12(18)5-3-11/h2-6,8,10H,7,9H2,1H3,(H,19,22). The lowest BCUT2D eigenvalue weighted by atomic mass is 10.1. The molecule has 0 aliphatic carbocycles. The summed E-state index contributed by atoms with van der Waals surface area (Å²) in [4.78, 5) is 34.3. The summed E-state index contributed by atoms with van der Waals surface area (Å²) in [6, 6.07) is 10.5.